The molecule has 7 nitrogen and oxygen atoms in total. The van der Waals surface area contributed by atoms with Gasteiger partial charge in [0.15, 0.2) is 12.4 Å². The van der Waals surface area contributed by atoms with E-state index in [2.05, 4.69) is 5.32 Å². The average molecular weight is 501 g/mol. The molecule has 0 radical (unpaired) electrons. The fourth-order valence-corrected chi connectivity index (χ4v) is 5.23. The van der Waals surface area contributed by atoms with E-state index in [1.807, 2.05) is 30.3 Å². The zero-order chi connectivity index (χ0) is 24.1. The Bertz CT molecular complexity index is 1620. The molecule has 2 aliphatic heterocycles. The minimum Gasteiger partial charge on any atom is -0.482 e. The first-order valence-corrected chi connectivity index (χ1v) is 12.0. The van der Waals surface area contributed by atoms with Crippen molar-refractivity contribution < 1.29 is 23.5 Å². The van der Waals surface area contributed by atoms with E-state index in [-0.39, 0.29) is 30.7 Å². The third-order valence-electron chi connectivity index (χ3n) is 5.87. The minimum absolute atomic E-state index is 0.153. The molecule has 0 unspecified atom stereocenters. The number of anilines is 1. The predicted molar refractivity (Wildman–Crippen MR) is 139 cm³/mol. The van der Waals surface area contributed by atoms with Crippen molar-refractivity contribution in [3.63, 3.8) is 0 Å². The fraction of sp³-hybridized carbons (Fsp3) is 0.0769. The lowest BCUT2D eigenvalue weighted by Crippen LogP contribution is -2.42. The van der Waals surface area contributed by atoms with Crippen molar-refractivity contribution in [3.05, 3.63) is 76.7 Å². The SMILES string of the molecule is O=C1NC(=S)S/C1=C/c1ccc2c(c1)N(CC(=O)c1ccc3c(c1)oc1ccccc13)C(=O)CO2. The lowest BCUT2D eigenvalue weighted by molar-refractivity contribution is -0.121. The van der Waals surface area contributed by atoms with Crippen LogP contribution < -0.4 is 15.0 Å². The summed E-state index contributed by atoms with van der Waals surface area (Å²) in [5.74, 6) is -0.326. The number of rotatable bonds is 4. The van der Waals surface area contributed by atoms with Crippen molar-refractivity contribution in [2.45, 2.75) is 0 Å². The number of para-hydroxylation sites is 1. The highest BCUT2D eigenvalue weighted by atomic mass is 32.2. The van der Waals surface area contributed by atoms with Gasteiger partial charge in [-0.1, -0.05) is 54.3 Å². The van der Waals surface area contributed by atoms with E-state index < -0.39 is 0 Å². The molecule has 3 heterocycles. The quantitative estimate of drug-likeness (QED) is 0.247. The van der Waals surface area contributed by atoms with E-state index in [1.54, 1.807) is 36.4 Å². The van der Waals surface area contributed by atoms with Crippen LogP contribution in [0.4, 0.5) is 5.69 Å². The number of thiocarbonyl (C=S) groups is 1. The van der Waals surface area contributed by atoms with Crippen LogP contribution in [-0.2, 0) is 9.59 Å². The molecular weight excluding hydrogens is 484 g/mol. The summed E-state index contributed by atoms with van der Waals surface area (Å²) in [5, 5.41) is 4.48. The largest absolute Gasteiger partial charge is 0.482 e. The second-order valence-corrected chi connectivity index (χ2v) is 9.80. The molecular formula is C26H16N2O5S2. The predicted octanol–water partition coefficient (Wildman–Crippen LogP) is 4.68. The molecule has 0 saturated carbocycles. The van der Waals surface area contributed by atoms with Crippen LogP contribution in [0.15, 0.2) is 70.0 Å². The number of ether oxygens (including phenoxy) is 1. The number of hydrogen-bond acceptors (Lipinski definition) is 7. The molecule has 0 bridgehead atoms. The number of fused-ring (bicyclic) bond motifs is 4. The maximum absolute atomic E-state index is 13.2. The lowest BCUT2D eigenvalue weighted by Gasteiger charge is -2.29. The zero-order valence-corrected chi connectivity index (χ0v) is 19.7. The normalized spacial score (nSPS) is 16.6. The molecule has 1 fully saturated rings. The highest BCUT2D eigenvalue weighted by Crippen LogP contribution is 2.35. The molecule has 1 saturated heterocycles. The smallest absolute Gasteiger partial charge is 0.265 e. The Morgan fingerprint density at radius 1 is 1.06 bits per heavy atom. The molecule has 6 rings (SSSR count). The Morgan fingerprint density at radius 2 is 1.89 bits per heavy atom. The van der Waals surface area contributed by atoms with Crippen LogP contribution in [0.1, 0.15) is 15.9 Å². The summed E-state index contributed by atoms with van der Waals surface area (Å²) in [6.07, 6.45) is 1.69. The molecule has 9 heteroatoms. The summed E-state index contributed by atoms with van der Waals surface area (Å²) in [6.45, 7) is -0.309. The number of thioether (sulfide) groups is 1. The molecule has 4 aromatic rings. The van der Waals surface area contributed by atoms with Crippen molar-refractivity contribution in [1.82, 2.24) is 5.32 Å². The van der Waals surface area contributed by atoms with E-state index in [4.69, 9.17) is 21.4 Å². The minimum atomic E-state index is -0.324. The molecule has 0 atom stereocenters. The van der Waals surface area contributed by atoms with Gasteiger partial charge < -0.3 is 14.5 Å². The molecule has 2 aliphatic rings. The van der Waals surface area contributed by atoms with Gasteiger partial charge in [0.05, 0.1) is 17.1 Å². The molecule has 2 amide bonds. The highest BCUT2D eigenvalue weighted by molar-refractivity contribution is 8.26. The number of furan rings is 1. The van der Waals surface area contributed by atoms with E-state index in [1.165, 1.54) is 16.7 Å². The van der Waals surface area contributed by atoms with Gasteiger partial charge in [-0.3, -0.25) is 19.3 Å². The van der Waals surface area contributed by atoms with Gasteiger partial charge in [-0.2, -0.15) is 0 Å². The number of carbonyl (C=O) groups is 3. The van der Waals surface area contributed by atoms with Crippen molar-refractivity contribution in [2.75, 3.05) is 18.1 Å². The molecule has 35 heavy (non-hydrogen) atoms. The van der Waals surface area contributed by atoms with Crippen LogP contribution in [0.5, 0.6) is 5.75 Å². The third kappa shape index (κ3) is 3.88. The first-order chi connectivity index (χ1) is 17.0. The van der Waals surface area contributed by atoms with Gasteiger partial charge in [0.25, 0.3) is 11.8 Å². The van der Waals surface area contributed by atoms with Crippen molar-refractivity contribution in [1.29, 1.82) is 0 Å². The van der Waals surface area contributed by atoms with Gasteiger partial charge in [-0.05, 0) is 42.0 Å². The average Bonchev–Trinajstić information content (AvgIpc) is 3.38. The molecule has 1 aromatic heterocycles. The first kappa shape index (κ1) is 21.6. The number of hydrogen-bond donors (Lipinski definition) is 1. The van der Waals surface area contributed by atoms with Crippen molar-refractivity contribution in [2.24, 2.45) is 0 Å². The monoisotopic (exact) mass is 500 g/mol. The van der Waals surface area contributed by atoms with Crippen LogP contribution in [0, 0.1) is 0 Å². The Hall–Kier alpha value is -3.95. The van der Waals surface area contributed by atoms with Crippen LogP contribution >= 0.6 is 24.0 Å². The number of benzene rings is 3. The molecule has 1 N–H and O–H groups in total. The Labute approximate surface area is 208 Å². The fourth-order valence-electron chi connectivity index (χ4n) is 4.19. The molecule has 0 spiro atoms. The second-order valence-electron chi connectivity index (χ2n) is 8.08. The lowest BCUT2D eigenvalue weighted by atomic mass is 10.1. The maximum atomic E-state index is 13.2. The molecule has 172 valence electrons. The van der Waals surface area contributed by atoms with Gasteiger partial charge in [-0.15, -0.1) is 0 Å². The molecule has 3 aromatic carbocycles. The van der Waals surface area contributed by atoms with Gasteiger partial charge in [0.1, 0.15) is 21.2 Å². The van der Waals surface area contributed by atoms with Crippen molar-refractivity contribution in [3.8, 4) is 5.75 Å². The number of nitrogens with zero attached hydrogens (tertiary/aromatic N) is 1. The standard InChI is InChI=1S/C26H16N2O5S2/c29-19(15-6-7-17-16-3-1-2-4-20(16)33-22(17)11-15)12-28-18-9-14(5-8-21(18)32-13-24(28)30)10-23-25(31)27-26(34)35-23/h1-11H,12-13H2,(H,27,31,34)/b23-10+. The van der Waals surface area contributed by atoms with Gasteiger partial charge in [-0.25, -0.2) is 0 Å². The van der Waals surface area contributed by atoms with Crippen LogP contribution in [-0.4, -0.2) is 35.1 Å². The van der Waals surface area contributed by atoms with Crippen LogP contribution in [0.2, 0.25) is 0 Å². The molecule has 0 aliphatic carbocycles. The van der Waals surface area contributed by atoms with E-state index in [9.17, 15) is 14.4 Å². The van der Waals surface area contributed by atoms with Gasteiger partial charge in [0, 0.05) is 16.3 Å². The summed E-state index contributed by atoms with van der Waals surface area (Å²) in [7, 11) is 0. The van der Waals surface area contributed by atoms with Gasteiger partial charge in [0.2, 0.25) is 0 Å². The summed E-state index contributed by atoms with van der Waals surface area (Å²) >= 11 is 6.21. The maximum Gasteiger partial charge on any atom is 0.265 e. The number of Topliss-reactive ketones (excluding diaryl/α,β-unsaturated/α-hetero) is 1. The third-order valence-corrected chi connectivity index (χ3v) is 7.03. The Morgan fingerprint density at radius 3 is 2.71 bits per heavy atom. The number of ketones is 1. The Balaban J connectivity index is 1.31. The van der Waals surface area contributed by atoms with Gasteiger partial charge >= 0.3 is 0 Å². The number of carbonyl (C=O) groups excluding carboxylic acids is 3. The first-order valence-electron chi connectivity index (χ1n) is 10.7. The van der Waals surface area contributed by atoms with Crippen molar-refractivity contribution >= 4 is 79.6 Å². The van der Waals surface area contributed by atoms with E-state index in [0.717, 1.165) is 16.4 Å². The van der Waals surface area contributed by atoms with Crippen LogP contribution in [0.25, 0.3) is 28.0 Å². The highest BCUT2D eigenvalue weighted by Gasteiger charge is 2.29. The van der Waals surface area contributed by atoms with E-state index >= 15 is 0 Å². The van der Waals surface area contributed by atoms with Crippen LogP contribution in [0.3, 0.4) is 0 Å². The summed E-state index contributed by atoms with van der Waals surface area (Å²) < 4.78 is 11.9. The zero-order valence-electron chi connectivity index (χ0n) is 18.1. The van der Waals surface area contributed by atoms with E-state index in [0.29, 0.717) is 37.4 Å². The summed E-state index contributed by atoms with van der Waals surface area (Å²) in [4.78, 5) is 39.8. The summed E-state index contributed by atoms with van der Waals surface area (Å²) in [6, 6.07) is 18.2. The number of amides is 2. The topological polar surface area (TPSA) is 88.9 Å². The second kappa shape index (κ2) is 8.37. The Kier molecular flexibility index (Phi) is 5.16. The number of nitrogens with one attached hydrogen (secondary N) is 1. The summed E-state index contributed by atoms with van der Waals surface area (Å²) in [5.41, 5.74) is 2.97.